The number of anilines is 1. The Balaban J connectivity index is 1.48. The second kappa shape index (κ2) is 9.20. The fourth-order valence-electron chi connectivity index (χ4n) is 2.94. The number of rotatable bonds is 4. The van der Waals surface area contributed by atoms with Gasteiger partial charge in [-0.25, -0.2) is 4.98 Å². The molecule has 156 valence electrons. The molecule has 0 spiro atoms. The van der Waals surface area contributed by atoms with E-state index in [1.165, 1.54) is 13.2 Å². The number of nitrogens with zero attached hydrogens (tertiary/aromatic N) is 1. The summed E-state index contributed by atoms with van der Waals surface area (Å²) in [5, 5.41) is 7.48. The van der Waals surface area contributed by atoms with E-state index in [0.29, 0.717) is 21.5 Å². The molecule has 1 heterocycles. The van der Waals surface area contributed by atoms with Crippen LogP contribution in [0.15, 0.2) is 60.7 Å². The number of ether oxygens (including phenoxy) is 1. The Hall–Kier alpha value is -2.71. The first-order valence-electron chi connectivity index (χ1n) is 9.06. The fraction of sp³-hybridized carbons (Fsp3) is 0.0455. The SMILES string of the molecule is COc1ccc(Cl)cc1C(=O)NC(=S)Nc1ccc(-c2nc3ccccc3s2)c(Cl)c1. The summed E-state index contributed by atoms with van der Waals surface area (Å²) in [6.45, 7) is 0. The van der Waals surface area contributed by atoms with Gasteiger partial charge in [-0.15, -0.1) is 11.3 Å². The molecule has 31 heavy (non-hydrogen) atoms. The number of hydrogen-bond donors (Lipinski definition) is 2. The van der Waals surface area contributed by atoms with Gasteiger partial charge >= 0.3 is 0 Å². The lowest BCUT2D eigenvalue weighted by molar-refractivity contribution is 0.0975. The monoisotopic (exact) mass is 487 g/mol. The molecule has 1 aromatic heterocycles. The molecule has 0 radical (unpaired) electrons. The van der Waals surface area contributed by atoms with Gasteiger partial charge in [0.2, 0.25) is 0 Å². The third-order valence-corrected chi connectivity index (χ3v) is 6.21. The summed E-state index contributed by atoms with van der Waals surface area (Å²) in [7, 11) is 1.48. The molecule has 1 amide bonds. The van der Waals surface area contributed by atoms with E-state index in [1.807, 2.05) is 36.4 Å². The topological polar surface area (TPSA) is 63.2 Å². The molecule has 5 nitrogen and oxygen atoms in total. The predicted molar refractivity (Wildman–Crippen MR) is 132 cm³/mol. The lowest BCUT2D eigenvalue weighted by Crippen LogP contribution is -2.34. The summed E-state index contributed by atoms with van der Waals surface area (Å²) >= 11 is 19.3. The highest BCUT2D eigenvalue weighted by Gasteiger charge is 2.15. The minimum absolute atomic E-state index is 0.121. The van der Waals surface area contributed by atoms with Gasteiger partial charge in [0, 0.05) is 16.3 Å². The summed E-state index contributed by atoms with van der Waals surface area (Å²) in [6, 6.07) is 18.1. The van der Waals surface area contributed by atoms with Crippen LogP contribution >= 0.6 is 46.8 Å². The minimum Gasteiger partial charge on any atom is -0.496 e. The van der Waals surface area contributed by atoms with Crippen LogP contribution in [0.3, 0.4) is 0 Å². The minimum atomic E-state index is -0.436. The standard InChI is InChI=1S/C22H15Cl2N3O2S2/c1-29-18-9-6-12(23)10-15(18)20(28)27-22(30)25-13-7-8-14(16(24)11-13)21-26-17-4-2-3-5-19(17)31-21/h2-11H,1H3,(H2,25,27,28,30). The van der Waals surface area contributed by atoms with Gasteiger partial charge in [0.25, 0.3) is 5.91 Å². The smallest absolute Gasteiger partial charge is 0.261 e. The molecule has 9 heteroatoms. The van der Waals surface area contributed by atoms with Crippen molar-refractivity contribution in [2.75, 3.05) is 12.4 Å². The Kier molecular flexibility index (Phi) is 6.38. The largest absolute Gasteiger partial charge is 0.496 e. The second-order valence-corrected chi connectivity index (χ2v) is 8.72. The zero-order chi connectivity index (χ0) is 22.0. The van der Waals surface area contributed by atoms with Gasteiger partial charge in [0.15, 0.2) is 5.11 Å². The number of methoxy groups -OCH3 is 1. The average Bonchev–Trinajstić information content (AvgIpc) is 3.17. The van der Waals surface area contributed by atoms with Crippen LogP contribution in [0, 0.1) is 0 Å². The average molecular weight is 488 g/mol. The Bertz CT molecular complexity index is 1270. The third-order valence-electron chi connectivity index (χ3n) is 4.38. The van der Waals surface area contributed by atoms with Crippen LogP contribution in [0.2, 0.25) is 10.0 Å². The normalized spacial score (nSPS) is 10.7. The van der Waals surface area contributed by atoms with Crippen LogP contribution in [-0.4, -0.2) is 23.1 Å². The van der Waals surface area contributed by atoms with Crippen LogP contribution in [0.1, 0.15) is 10.4 Å². The third kappa shape index (κ3) is 4.80. The van der Waals surface area contributed by atoms with Gasteiger partial charge in [-0.3, -0.25) is 10.1 Å². The molecule has 0 bridgehead atoms. The highest BCUT2D eigenvalue weighted by molar-refractivity contribution is 7.80. The van der Waals surface area contributed by atoms with E-state index in [1.54, 1.807) is 29.5 Å². The van der Waals surface area contributed by atoms with Crippen molar-refractivity contribution in [3.05, 3.63) is 76.3 Å². The maximum absolute atomic E-state index is 12.6. The fourth-order valence-corrected chi connectivity index (χ4v) is 4.66. The van der Waals surface area contributed by atoms with E-state index >= 15 is 0 Å². The number of benzene rings is 3. The first kappa shape index (κ1) is 21.5. The van der Waals surface area contributed by atoms with E-state index in [9.17, 15) is 4.79 Å². The van der Waals surface area contributed by atoms with Crippen LogP contribution in [-0.2, 0) is 0 Å². The molecular weight excluding hydrogens is 473 g/mol. The number of thiazole rings is 1. The Morgan fingerprint density at radius 3 is 2.65 bits per heavy atom. The number of hydrogen-bond acceptors (Lipinski definition) is 5. The number of carbonyl (C=O) groups is 1. The number of nitrogens with one attached hydrogen (secondary N) is 2. The number of para-hydroxylation sites is 1. The van der Waals surface area contributed by atoms with Crippen LogP contribution in [0.25, 0.3) is 20.8 Å². The zero-order valence-corrected chi connectivity index (χ0v) is 19.3. The van der Waals surface area contributed by atoms with Crippen molar-refractivity contribution >= 4 is 73.7 Å². The van der Waals surface area contributed by atoms with E-state index in [-0.39, 0.29) is 10.7 Å². The summed E-state index contributed by atoms with van der Waals surface area (Å²) in [4.78, 5) is 17.2. The van der Waals surface area contributed by atoms with Crippen LogP contribution in [0.5, 0.6) is 5.75 Å². The van der Waals surface area contributed by atoms with Crippen molar-refractivity contribution in [2.24, 2.45) is 0 Å². The van der Waals surface area contributed by atoms with Gasteiger partial charge in [0.05, 0.1) is 27.9 Å². The van der Waals surface area contributed by atoms with Gasteiger partial charge in [-0.2, -0.15) is 0 Å². The first-order valence-corrected chi connectivity index (χ1v) is 11.0. The number of halogens is 2. The molecule has 0 aliphatic rings. The van der Waals surface area contributed by atoms with E-state index in [4.69, 9.17) is 40.2 Å². The van der Waals surface area contributed by atoms with Gasteiger partial charge < -0.3 is 10.1 Å². The second-order valence-electron chi connectivity index (χ2n) is 6.43. The van der Waals surface area contributed by atoms with Crippen molar-refractivity contribution < 1.29 is 9.53 Å². The Morgan fingerprint density at radius 2 is 1.90 bits per heavy atom. The quantitative estimate of drug-likeness (QED) is 0.325. The summed E-state index contributed by atoms with van der Waals surface area (Å²) in [5.74, 6) is -0.0398. The Labute approximate surface area is 198 Å². The molecule has 4 aromatic rings. The van der Waals surface area contributed by atoms with Gasteiger partial charge in [0.1, 0.15) is 10.8 Å². The number of fused-ring (bicyclic) bond motifs is 1. The predicted octanol–water partition coefficient (Wildman–Crippen LogP) is 6.41. The number of aromatic nitrogens is 1. The van der Waals surface area contributed by atoms with E-state index in [2.05, 4.69) is 15.6 Å². The highest BCUT2D eigenvalue weighted by atomic mass is 35.5. The molecule has 0 aliphatic heterocycles. The zero-order valence-electron chi connectivity index (χ0n) is 16.1. The highest BCUT2D eigenvalue weighted by Crippen LogP contribution is 2.35. The van der Waals surface area contributed by atoms with Crippen molar-refractivity contribution in [3.8, 4) is 16.3 Å². The van der Waals surface area contributed by atoms with E-state index in [0.717, 1.165) is 20.8 Å². The molecule has 0 fully saturated rings. The molecular formula is C22H15Cl2N3O2S2. The molecule has 0 saturated carbocycles. The first-order chi connectivity index (χ1) is 14.9. The van der Waals surface area contributed by atoms with Gasteiger partial charge in [-0.1, -0.05) is 35.3 Å². The van der Waals surface area contributed by atoms with Crippen LogP contribution < -0.4 is 15.4 Å². The Morgan fingerprint density at radius 1 is 1.10 bits per heavy atom. The van der Waals surface area contributed by atoms with Crippen molar-refractivity contribution in [1.82, 2.24) is 10.3 Å². The summed E-state index contributed by atoms with van der Waals surface area (Å²) in [6.07, 6.45) is 0. The molecule has 0 saturated heterocycles. The lowest BCUT2D eigenvalue weighted by Gasteiger charge is -2.12. The van der Waals surface area contributed by atoms with Crippen molar-refractivity contribution in [2.45, 2.75) is 0 Å². The summed E-state index contributed by atoms with van der Waals surface area (Å²) < 4.78 is 6.30. The molecule has 3 aromatic carbocycles. The number of carbonyl (C=O) groups excluding carboxylic acids is 1. The molecule has 4 rings (SSSR count). The molecule has 0 unspecified atom stereocenters. The maximum atomic E-state index is 12.6. The molecule has 0 atom stereocenters. The van der Waals surface area contributed by atoms with Crippen molar-refractivity contribution in [3.63, 3.8) is 0 Å². The summed E-state index contributed by atoms with van der Waals surface area (Å²) in [5.41, 5.74) is 2.68. The van der Waals surface area contributed by atoms with Crippen molar-refractivity contribution in [1.29, 1.82) is 0 Å². The number of thiocarbonyl (C=S) groups is 1. The van der Waals surface area contributed by atoms with E-state index < -0.39 is 5.91 Å². The van der Waals surface area contributed by atoms with Crippen LogP contribution in [0.4, 0.5) is 5.69 Å². The lowest BCUT2D eigenvalue weighted by atomic mass is 10.2. The molecule has 0 aliphatic carbocycles. The van der Waals surface area contributed by atoms with Gasteiger partial charge in [-0.05, 0) is 60.7 Å². The molecule has 2 N–H and O–H groups in total. The number of amides is 1. The maximum Gasteiger partial charge on any atom is 0.261 e.